The number of benzene rings is 1. The Morgan fingerprint density at radius 1 is 0.925 bits per heavy atom. The average molecular weight is 583 g/mol. The third-order valence-corrected chi connectivity index (χ3v) is 8.61. The summed E-state index contributed by atoms with van der Waals surface area (Å²) >= 11 is 1.96. The molecule has 0 spiro atoms. The van der Waals surface area contributed by atoms with Gasteiger partial charge in [-0.25, -0.2) is 14.6 Å². The molecule has 1 aromatic carbocycles. The summed E-state index contributed by atoms with van der Waals surface area (Å²) in [5.41, 5.74) is 2.94. The summed E-state index contributed by atoms with van der Waals surface area (Å²) in [6.07, 6.45) is 1.23. The van der Waals surface area contributed by atoms with Gasteiger partial charge in [0, 0.05) is 5.69 Å². The first-order valence-electron chi connectivity index (χ1n) is 11.9. The van der Waals surface area contributed by atoms with Crippen LogP contribution in [-0.2, 0) is 20.8 Å². The average Bonchev–Trinajstić information content (AvgIpc) is 3.42. The molecule has 3 aromatic heterocycles. The molecule has 0 unspecified atom stereocenters. The maximum absolute atomic E-state index is 13.3. The standard InChI is InChI=1S/C27H26N4O7S2/c1-12-7-8-16(13(2)9-12)29-22(33)20-14(3)18-23(39-20)28-11-31(25(18)34)10-17(32)30-24-19(26(35)37-5)15(4)21(40-24)27(36)38-6/h7-9,11H,10H2,1-6H3,(H,29,33)(H,30,32). The van der Waals surface area contributed by atoms with Gasteiger partial charge < -0.3 is 20.1 Å². The molecule has 13 heteroatoms. The fraction of sp³-hybridized carbons (Fsp3) is 0.259. The van der Waals surface area contributed by atoms with Crippen LogP contribution in [0.25, 0.3) is 10.2 Å². The third-order valence-electron chi connectivity index (χ3n) is 6.23. The van der Waals surface area contributed by atoms with E-state index in [1.54, 1.807) is 13.8 Å². The number of amides is 2. The zero-order chi connectivity index (χ0) is 29.3. The lowest BCUT2D eigenvalue weighted by Crippen LogP contribution is -2.28. The number of carbonyl (C=O) groups is 4. The second-order valence-electron chi connectivity index (χ2n) is 8.98. The van der Waals surface area contributed by atoms with Crippen molar-refractivity contribution in [3.63, 3.8) is 0 Å². The Balaban J connectivity index is 1.61. The number of hydrogen-bond acceptors (Lipinski definition) is 10. The molecule has 0 radical (unpaired) electrons. The van der Waals surface area contributed by atoms with Crippen LogP contribution < -0.4 is 16.2 Å². The Labute approximate surface area is 236 Å². The predicted octanol–water partition coefficient (Wildman–Crippen LogP) is 4.22. The van der Waals surface area contributed by atoms with Crippen LogP contribution in [0.15, 0.2) is 29.3 Å². The number of aromatic nitrogens is 2. The minimum atomic E-state index is -0.736. The smallest absolute Gasteiger partial charge is 0.348 e. The Bertz CT molecular complexity index is 1750. The lowest BCUT2D eigenvalue weighted by molar-refractivity contribution is -0.116. The van der Waals surface area contributed by atoms with Crippen molar-refractivity contribution in [1.29, 1.82) is 0 Å². The van der Waals surface area contributed by atoms with E-state index >= 15 is 0 Å². The maximum Gasteiger partial charge on any atom is 0.348 e. The third kappa shape index (κ3) is 5.38. The van der Waals surface area contributed by atoms with Crippen LogP contribution in [0.1, 0.15) is 52.0 Å². The van der Waals surface area contributed by atoms with Crippen LogP contribution in [0.2, 0.25) is 0 Å². The monoisotopic (exact) mass is 582 g/mol. The van der Waals surface area contributed by atoms with Crippen LogP contribution in [0.5, 0.6) is 0 Å². The number of aryl methyl sites for hydroxylation is 3. The molecule has 3 heterocycles. The number of anilines is 2. The van der Waals surface area contributed by atoms with E-state index in [0.717, 1.165) is 38.4 Å². The number of fused-ring (bicyclic) bond motifs is 1. The molecule has 40 heavy (non-hydrogen) atoms. The molecule has 0 atom stereocenters. The topological polar surface area (TPSA) is 146 Å². The lowest BCUT2D eigenvalue weighted by Gasteiger charge is -2.09. The van der Waals surface area contributed by atoms with E-state index in [2.05, 4.69) is 15.6 Å². The minimum Gasteiger partial charge on any atom is -0.465 e. The van der Waals surface area contributed by atoms with Crippen molar-refractivity contribution in [2.45, 2.75) is 34.2 Å². The normalized spacial score (nSPS) is 10.8. The van der Waals surface area contributed by atoms with Crippen molar-refractivity contribution < 1.29 is 28.7 Å². The highest BCUT2D eigenvalue weighted by molar-refractivity contribution is 7.20. The summed E-state index contributed by atoms with van der Waals surface area (Å²) in [7, 11) is 2.39. The molecule has 0 saturated heterocycles. The summed E-state index contributed by atoms with van der Waals surface area (Å²) in [5.74, 6) is -2.39. The number of thiophene rings is 2. The number of hydrogen-bond donors (Lipinski definition) is 2. The van der Waals surface area contributed by atoms with Crippen molar-refractivity contribution in [1.82, 2.24) is 9.55 Å². The molecule has 0 aliphatic heterocycles. The predicted molar refractivity (Wildman–Crippen MR) is 153 cm³/mol. The van der Waals surface area contributed by atoms with Gasteiger partial charge in [0.1, 0.15) is 21.3 Å². The zero-order valence-corrected chi connectivity index (χ0v) is 24.2. The second kappa shape index (κ2) is 11.4. The first kappa shape index (κ1) is 28.6. The van der Waals surface area contributed by atoms with Crippen LogP contribution in [-0.4, -0.2) is 47.5 Å². The number of esters is 2. The Morgan fingerprint density at radius 2 is 1.62 bits per heavy atom. The molecule has 4 rings (SSSR count). The van der Waals surface area contributed by atoms with Crippen molar-refractivity contribution in [2.24, 2.45) is 0 Å². The van der Waals surface area contributed by atoms with Gasteiger partial charge in [-0.1, -0.05) is 17.7 Å². The number of ether oxygens (including phenoxy) is 2. The van der Waals surface area contributed by atoms with Gasteiger partial charge in [-0.05, 0) is 50.5 Å². The van der Waals surface area contributed by atoms with Crippen LogP contribution in [0.4, 0.5) is 10.7 Å². The van der Waals surface area contributed by atoms with Gasteiger partial charge >= 0.3 is 11.9 Å². The van der Waals surface area contributed by atoms with Crippen molar-refractivity contribution in [3.8, 4) is 0 Å². The van der Waals surface area contributed by atoms with Crippen molar-refractivity contribution in [2.75, 3.05) is 24.9 Å². The van der Waals surface area contributed by atoms with E-state index in [9.17, 15) is 24.0 Å². The fourth-order valence-corrected chi connectivity index (χ4v) is 6.34. The molecular formula is C27H26N4O7S2. The molecule has 11 nitrogen and oxygen atoms in total. The van der Waals surface area contributed by atoms with Gasteiger partial charge in [0.2, 0.25) is 5.91 Å². The highest BCUT2D eigenvalue weighted by Gasteiger charge is 2.27. The van der Waals surface area contributed by atoms with E-state index in [-0.39, 0.29) is 26.7 Å². The SMILES string of the molecule is COC(=O)c1sc(NC(=O)Cn2cnc3sc(C(=O)Nc4ccc(C)cc4C)c(C)c3c2=O)c(C(=O)OC)c1C. The van der Waals surface area contributed by atoms with Crippen LogP contribution in [0, 0.1) is 27.7 Å². The quantitative estimate of drug-likeness (QED) is 0.308. The molecule has 2 N–H and O–H groups in total. The molecule has 0 fully saturated rings. The highest BCUT2D eigenvalue weighted by Crippen LogP contribution is 2.34. The Hall–Kier alpha value is -4.36. The number of carbonyl (C=O) groups excluding carboxylic acids is 4. The van der Waals surface area contributed by atoms with E-state index in [0.29, 0.717) is 26.5 Å². The van der Waals surface area contributed by atoms with E-state index in [1.165, 1.54) is 20.5 Å². The Morgan fingerprint density at radius 3 is 2.27 bits per heavy atom. The number of rotatable bonds is 7. The first-order valence-corrected chi connectivity index (χ1v) is 13.6. The number of methoxy groups -OCH3 is 2. The van der Waals surface area contributed by atoms with E-state index < -0.39 is 29.9 Å². The molecule has 0 aliphatic rings. The van der Waals surface area contributed by atoms with Gasteiger partial charge in [0.05, 0.1) is 36.4 Å². The van der Waals surface area contributed by atoms with E-state index in [4.69, 9.17) is 9.47 Å². The van der Waals surface area contributed by atoms with Crippen LogP contribution in [0.3, 0.4) is 0 Å². The van der Waals surface area contributed by atoms with Gasteiger partial charge in [-0.2, -0.15) is 0 Å². The lowest BCUT2D eigenvalue weighted by atomic mass is 10.1. The number of nitrogens with zero attached hydrogens (tertiary/aromatic N) is 2. The van der Waals surface area contributed by atoms with Crippen LogP contribution >= 0.6 is 22.7 Å². The van der Waals surface area contributed by atoms with Gasteiger partial charge in [-0.15, -0.1) is 22.7 Å². The zero-order valence-electron chi connectivity index (χ0n) is 22.6. The van der Waals surface area contributed by atoms with E-state index in [1.807, 2.05) is 32.0 Å². The first-order chi connectivity index (χ1) is 19.0. The van der Waals surface area contributed by atoms with Crippen molar-refractivity contribution >= 4 is 67.3 Å². The molecule has 4 aromatic rings. The minimum absolute atomic E-state index is 0.0234. The maximum atomic E-state index is 13.3. The largest absolute Gasteiger partial charge is 0.465 e. The summed E-state index contributed by atoms with van der Waals surface area (Å²) in [4.78, 5) is 68.9. The van der Waals surface area contributed by atoms with Gasteiger partial charge in [0.25, 0.3) is 11.5 Å². The molecular weight excluding hydrogens is 556 g/mol. The molecule has 2 amide bonds. The molecule has 208 valence electrons. The second-order valence-corrected chi connectivity index (χ2v) is 11.0. The highest BCUT2D eigenvalue weighted by atomic mass is 32.1. The number of nitrogens with one attached hydrogen (secondary N) is 2. The molecule has 0 bridgehead atoms. The molecule has 0 saturated carbocycles. The summed E-state index contributed by atoms with van der Waals surface area (Å²) in [6.45, 7) is 6.64. The summed E-state index contributed by atoms with van der Waals surface area (Å²) in [6, 6.07) is 5.68. The van der Waals surface area contributed by atoms with Crippen molar-refractivity contribution in [3.05, 3.63) is 72.5 Å². The summed E-state index contributed by atoms with van der Waals surface area (Å²) < 4.78 is 10.7. The summed E-state index contributed by atoms with van der Waals surface area (Å²) in [5, 5.41) is 5.80. The van der Waals surface area contributed by atoms with Gasteiger partial charge in [-0.3, -0.25) is 19.0 Å². The fourth-order valence-electron chi connectivity index (χ4n) is 4.18. The Kier molecular flexibility index (Phi) is 8.16. The molecule has 0 aliphatic carbocycles. The van der Waals surface area contributed by atoms with Gasteiger partial charge in [0.15, 0.2) is 0 Å².